The van der Waals surface area contributed by atoms with Crippen LogP contribution in [0.5, 0.6) is 0 Å². The van der Waals surface area contributed by atoms with Gasteiger partial charge in [-0.15, -0.1) is 0 Å². The van der Waals surface area contributed by atoms with Gasteiger partial charge >= 0.3 is 0 Å². The zero-order chi connectivity index (χ0) is 31.9. The Bertz CT molecular complexity index is 2520. The molecule has 1 aromatic heterocycles. The molecule has 2 nitrogen and oxygen atoms in total. The maximum Gasteiger partial charge on any atom is 0.0626 e. The topological polar surface area (TPSA) is 8.17 Å². The lowest BCUT2D eigenvalue weighted by Crippen LogP contribution is -2.10. The number of hydrogen-bond acceptors (Lipinski definition) is 1. The third kappa shape index (κ3) is 4.66. The second-order valence-electron chi connectivity index (χ2n) is 12.2. The van der Waals surface area contributed by atoms with Crippen molar-refractivity contribution in [2.24, 2.45) is 0 Å². The van der Waals surface area contributed by atoms with Crippen LogP contribution < -0.4 is 4.90 Å². The quantitative estimate of drug-likeness (QED) is 0.181. The maximum atomic E-state index is 2.46. The second kappa shape index (κ2) is 11.8. The number of para-hydroxylation sites is 2. The van der Waals surface area contributed by atoms with E-state index in [-0.39, 0.29) is 0 Å². The molecule has 226 valence electrons. The molecule has 1 heterocycles. The molecule has 0 spiro atoms. The largest absolute Gasteiger partial charge is 0.310 e. The lowest BCUT2D eigenvalue weighted by molar-refractivity contribution is 1.18. The number of anilines is 3. The van der Waals surface area contributed by atoms with Gasteiger partial charge in [0.1, 0.15) is 0 Å². The summed E-state index contributed by atoms with van der Waals surface area (Å²) in [6.45, 7) is 0. The zero-order valence-corrected chi connectivity index (χ0v) is 26.4. The fourth-order valence-electron chi connectivity index (χ4n) is 7.22. The van der Waals surface area contributed by atoms with E-state index >= 15 is 0 Å². The van der Waals surface area contributed by atoms with Crippen molar-refractivity contribution < 1.29 is 0 Å². The summed E-state index contributed by atoms with van der Waals surface area (Å²) in [5, 5.41) is 4.92. The molecule has 0 atom stereocenters. The highest BCUT2D eigenvalue weighted by atomic mass is 15.1. The van der Waals surface area contributed by atoms with Gasteiger partial charge in [-0.3, -0.25) is 0 Å². The molecule has 9 rings (SSSR count). The van der Waals surface area contributed by atoms with Gasteiger partial charge in [0, 0.05) is 33.2 Å². The maximum absolute atomic E-state index is 2.46. The van der Waals surface area contributed by atoms with Crippen molar-refractivity contribution in [3.63, 3.8) is 0 Å². The molecule has 0 aliphatic rings. The molecular weight excluding hydrogens is 581 g/mol. The molecule has 0 radical (unpaired) electrons. The van der Waals surface area contributed by atoms with Gasteiger partial charge < -0.3 is 9.47 Å². The lowest BCUT2D eigenvalue weighted by Gasteiger charge is -2.27. The first kappa shape index (κ1) is 27.9. The Labute approximate surface area is 280 Å². The van der Waals surface area contributed by atoms with Gasteiger partial charge in [-0.1, -0.05) is 140 Å². The van der Waals surface area contributed by atoms with E-state index in [4.69, 9.17) is 0 Å². The van der Waals surface area contributed by atoms with Crippen LogP contribution in [0.4, 0.5) is 17.1 Å². The van der Waals surface area contributed by atoms with E-state index in [9.17, 15) is 0 Å². The fourth-order valence-corrected chi connectivity index (χ4v) is 7.22. The summed E-state index contributed by atoms with van der Waals surface area (Å²) >= 11 is 0. The highest BCUT2D eigenvalue weighted by molar-refractivity contribution is 6.27. The predicted molar refractivity (Wildman–Crippen MR) is 204 cm³/mol. The van der Waals surface area contributed by atoms with Gasteiger partial charge in [0.2, 0.25) is 0 Å². The molecule has 48 heavy (non-hydrogen) atoms. The molecule has 0 saturated carbocycles. The number of rotatable bonds is 6. The summed E-state index contributed by atoms with van der Waals surface area (Å²) in [5.74, 6) is 0. The molecule has 0 N–H and O–H groups in total. The summed E-state index contributed by atoms with van der Waals surface area (Å²) in [7, 11) is 0. The van der Waals surface area contributed by atoms with Gasteiger partial charge in [-0.2, -0.15) is 0 Å². The van der Waals surface area contributed by atoms with Crippen molar-refractivity contribution in [3.05, 3.63) is 194 Å². The first-order valence-electron chi connectivity index (χ1n) is 16.5. The predicted octanol–water partition coefficient (Wildman–Crippen LogP) is 12.7. The van der Waals surface area contributed by atoms with Gasteiger partial charge in [-0.05, 0) is 82.2 Å². The molecule has 0 aliphatic carbocycles. The van der Waals surface area contributed by atoms with Crippen LogP contribution in [-0.2, 0) is 0 Å². The summed E-state index contributed by atoms with van der Waals surface area (Å²) in [4.78, 5) is 2.41. The molecule has 0 bridgehead atoms. The molecule has 2 heteroatoms. The summed E-state index contributed by atoms with van der Waals surface area (Å²) in [5.41, 5.74) is 11.7. The highest BCUT2D eigenvalue weighted by Crippen LogP contribution is 2.48. The smallest absolute Gasteiger partial charge is 0.0626 e. The average molecular weight is 613 g/mol. The molecule has 0 saturated heterocycles. The van der Waals surface area contributed by atoms with E-state index in [2.05, 4.69) is 204 Å². The summed E-state index contributed by atoms with van der Waals surface area (Å²) < 4.78 is 2.46. The van der Waals surface area contributed by atoms with E-state index in [1.807, 2.05) is 0 Å². The SMILES string of the molecule is c1ccc(-c2ccc(N(c3ccccc3)c3cccc4c3c3c(-c5ccccc5)cc5ccccc5c3n4-c3ccccc3)cc2)cc1. The minimum absolute atomic E-state index is 1.11. The first-order chi connectivity index (χ1) is 23.8. The normalized spacial score (nSPS) is 11.3. The minimum Gasteiger partial charge on any atom is -0.310 e. The van der Waals surface area contributed by atoms with Crippen molar-refractivity contribution in [2.45, 2.75) is 0 Å². The molecule has 0 aliphatic heterocycles. The van der Waals surface area contributed by atoms with E-state index in [0.717, 1.165) is 22.7 Å². The number of benzene rings is 8. The molecular formula is C46H32N2. The number of hydrogen-bond donors (Lipinski definition) is 0. The van der Waals surface area contributed by atoms with Crippen molar-refractivity contribution in [1.82, 2.24) is 4.57 Å². The van der Waals surface area contributed by atoms with Crippen LogP contribution in [0.15, 0.2) is 194 Å². The molecule has 0 fully saturated rings. The monoisotopic (exact) mass is 612 g/mol. The third-order valence-corrected chi connectivity index (χ3v) is 9.34. The Hall–Kier alpha value is -6.38. The van der Waals surface area contributed by atoms with Crippen LogP contribution in [0.25, 0.3) is 60.5 Å². The zero-order valence-electron chi connectivity index (χ0n) is 26.4. The third-order valence-electron chi connectivity index (χ3n) is 9.34. The Morgan fingerprint density at radius 1 is 0.396 bits per heavy atom. The average Bonchev–Trinajstić information content (AvgIpc) is 3.53. The van der Waals surface area contributed by atoms with Crippen molar-refractivity contribution in [2.75, 3.05) is 4.90 Å². The molecule has 0 unspecified atom stereocenters. The van der Waals surface area contributed by atoms with Crippen molar-refractivity contribution in [3.8, 4) is 27.9 Å². The van der Waals surface area contributed by atoms with Crippen LogP contribution >= 0.6 is 0 Å². The van der Waals surface area contributed by atoms with Gasteiger partial charge in [-0.25, -0.2) is 0 Å². The Morgan fingerprint density at radius 3 is 1.67 bits per heavy atom. The Kier molecular flexibility index (Phi) is 6.84. The van der Waals surface area contributed by atoms with Crippen molar-refractivity contribution >= 4 is 49.6 Å². The van der Waals surface area contributed by atoms with E-state index < -0.39 is 0 Å². The first-order valence-corrected chi connectivity index (χ1v) is 16.5. The summed E-state index contributed by atoms with van der Waals surface area (Å²) in [6.07, 6.45) is 0. The lowest BCUT2D eigenvalue weighted by atomic mass is 9.94. The van der Waals surface area contributed by atoms with Gasteiger partial charge in [0.15, 0.2) is 0 Å². The van der Waals surface area contributed by atoms with E-state index in [1.54, 1.807) is 0 Å². The van der Waals surface area contributed by atoms with Gasteiger partial charge in [0.25, 0.3) is 0 Å². The Balaban J connectivity index is 1.42. The molecule has 0 amide bonds. The van der Waals surface area contributed by atoms with Crippen LogP contribution in [0.2, 0.25) is 0 Å². The van der Waals surface area contributed by atoms with E-state index in [1.165, 1.54) is 54.8 Å². The number of nitrogens with zero attached hydrogens (tertiary/aromatic N) is 2. The van der Waals surface area contributed by atoms with Crippen LogP contribution in [0.3, 0.4) is 0 Å². The van der Waals surface area contributed by atoms with E-state index in [0.29, 0.717) is 0 Å². The van der Waals surface area contributed by atoms with Crippen LogP contribution in [0, 0.1) is 0 Å². The van der Waals surface area contributed by atoms with Gasteiger partial charge in [0.05, 0.1) is 16.7 Å². The highest BCUT2D eigenvalue weighted by Gasteiger charge is 2.24. The number of aromatic nitrogens is 1. The minimum atomic E-state index is 1.11. The summed E-state index contributed by atoms with van der Waals surface area (Å²) in [6, 6.07) is 69.8. The standard InChI is InChI=1S/C46H32N2/c1-5-16-33(17-6-1)34-28-30-39(31-29-34)47(37-21-9-3-10-22-37)42-26-15-27-43-45(42)44-41(35-18-7-2-8-19-35)32-36-20-13-14-25-40(36)46(44)48(43)38-23-11-4-12-24-38/h1-32H. The molecule has 8 aromatic carbocycles. The fraction of sp³-hybridized carbons (Fsp3) is 0. The molecule has 9 aromatic rings. The second-order valence-corrected chi connectivity index (χ2v) is 12.2. The van der Waals surface area contributed by atoms with Crippen LogP contribution in [-0.4, -0.2) is 4.57 Å². The van der Waals surface area contributed by atoms with Crippen molar-refractivity contribution in [1.29, 1.82) is 0 Å². The van der Waals surface area contributed by atoms with Crippen LogP contribution in [0.1, 0.15) is 0 Å². The number of fused-ring (bicyclic) bond motifs is 5. The Morgan fingerprint density at radius 2 is 0.958 bits per heavy atom.